The van der Waals surface area contributed by atoms with E-state index in [-0.39, 0.29) is 65.8 Å². The summed E-state index contributed by atoms with van der Waals surface area (Å²) in [6.45, 7) is 4.00. The SMILES string of the molecule is CCC(C)C(=O)OCCCNc1nc(Nc2ccc3ccccc3c2)nc(S(=O)(=O)NC)c1N=Nc1nn(-c2nc3ccccc3o2)c(OC)c1C#N. The van der Waals surface area contributed by atoms with Crippen LogP contribution in [0.2, 0.25) is 0 Å². The Morgan fingerprint density at radius 2 is 1.83 bits per heavy atom. The normalized spacial score (nSPS) is 12.2. The van der Waals surface area contributed by atoms with Crippen LogP contribution < -0.4 is 20.1 Å². The van der Waals surface area contributed by atoms with Gasteiger partial charge in [-0.1, -0.05) is 56.3 Å². The van der Waals surface area contributed by atoms with Crippen molar-refractivity contribution in [3.8, 4) is 18.0 Å². The van der Waals surface area contributed by atoms with Crippen molar-refractivity contribution in [3.05, 3.63) is 72.3 Å². The van der Waals surface area contributed by atoms with Crippen molar-refractivity contribution in [3.63, 3.8) is 0 Å². The lowest BCUT2D eigenvalue weighted by atomic mass is 10.1. The van der Waals surface area contributed by atoms with Gasteiger partial charge in [-0.15, -0.1) is 20.0 Å². The zero-order valence-corrected chi connectivity index (χ0v) is 30.0. The summed E-state index contributed by atoms with van der Waals surface area (Å²) in [6.07, 6.45) is 1.00. The summed E-state index contributed by atoms with van der Waals surface area (Å²) in [5, 5.41) is 30.5. The van der Waals surface area contributed by atoms with Crippen molar-refractivity contribution in [1.82, 2.24) is 29.5 Å². The van der Waals surface area contributed by atoms with E-state index in [1.165, 1.54) is 14.2 Å². The summed E-state index contributed by atoms with van der Waals surface area (Å²) >= 11 is 0. The molecule has 0 spiro atoms. The number of benzene rings is 3. The van der Waals surface area contributed by atoms with Gasteiger partial charge >= 0.3 is 12.0 Å². The Hall–Kier alpha value is -6.45. The number of methoxy groups -OCH3 is 1. The minimum absolute atomic E-state index is 0.00304. The molecule has 0 aliphatic heterocycles. The number of sulfonamides is 1. The first kappa shape index (κ1) is 36.3. The fraction of sp³-hybridized carbons (Fsp3) is 0.257. The molecule has 0 radical (unpaired) electrons. The van der Waals surface area contributed by atoms with Crippen LogP contribution in [0.25, 0.3) is 27.9 Å². The van der Waals surface area contributed by atoms with E-state index in [0.717, 1.165) is 15.5 Å². The number of carbonyl (C=O) groups is 1. The van der Waals surface area contributed by atoms with Gasteiger partial charge in [0, 0.05) is 12.2 Å². The number of rotatable bonds is 15. The minimum Gasteiger partial charge on any atom is -0.480 e. The fourth-order valence-corrected chi connectivity index (χ4v) is 5.86. The fourth-order valence-electron chi connectivity index (χ4n) is 5.07. The van der Waals surface area contributed by atoms with Gasteiger partial charge in [0.25, 0.3) is 10.0 Å². The maximum absolute atomic E-state index is 13.5. The minimum atomic E-state index is -4.29. The molecule has 6 aromatic rings. The third-order valence-electron chi connectivity index (χ3n) is 8.09. The molecule has 6 rings (SSSR count). The Balaban J connectivity index is 1.40. The second-order valence-electron chi connectivity index (χ2n) is 11.6. The number of para-hydroxylation sites is 2. The number of carbonyl (C=O) groups excluding carboxylic acids is 1. The second kappa shape index (κ2) is 15.8. The molecule has 0 aliphatic rings. The largest absolute Gasteiger partial charge is 0.480 e. The van der Waals surface area contributed by atoms with Crippen LogP contribution in [0.5, 0.6) is 5.88 Å². The Morgan fingerprint density at radius 3 is 2.57 bits per heavy atom. The number of oxazole rings is 1. The Bertz CT molecular complexity index is 2440. The van der Waals surface area contributed by atoms with Crippen molar-refractivity contribution in [1.29, 1.82) is 5.26 Å². The molecule has 3 aromatic heterocycles. The molecule has 0 amide bonds. The average Bonchev–Trinajstić information content (AvgIpc) is 3.77. The van der Waals surface area contributed by atoms with Crippen molar-refractivity contribution in [2.45, 2.75) is 31.7 Å². The van der Waals surface area contributed by atoms with Crippen LogP contribution in [0, 0.1) is 17.2 Å². The van der Waals surface area contributed by atoms with Gasteiger partial charge in [0.2, 0.25) is 22.7 Å². The summed E-state index contributed by atoms with van der Waals surface area (Å²) in [5.74, 6) is -0.878. The van der Waals surface area contributed by atoms with Gasteiger partial charge in [0.15, 0.2) is 22.7 Å². The number of nitriles is 1. The lowest BCUT2D eigenvalue weighted by molar-refractivity contribution is -0.148. The number of esters is 1. The van der Waals surface area contributed by atoms with Crippen molar-refractivity contribution >= 4 is 66.8 Å². The van der Waals surface area contributed by atoms with Gasteiger partial charge in [-0.3, -0.25) is 4.79 Å². The molecule has 272 valence electrons. The van der Waals surface area contributed by atoms with Crippen molar-refractivity contribution in [2.24, 2.45) is 16.1 Å². The van der Waals surface area contributed by atoms with E-state index in [1.807, 2.05) is 55.5 Å². The Kier molecular flexibility index (Phi) is 10.9. The zero-order chi connectivity index (χ0) is 37.5. The number of anilines is 3. The molecular formula is C35H35N11O6S. The van der Waals surface area contributed by atoms with Crippen molar-refractivity contribution in [2.75, 3.05) is 37.9 Å². The molecule has 0 aliphatic carbocycles. The van der Waals surface area contributed by atoms with E-state index in [1.54, 1.807) is 31.2 Å². The lowest BCUT2D eigenvalue weighted by Gasteiger charge is -2.15. The van der Waals surface area contributed by atoms with Crippen LogP contribution >= 0.6 is 0 Å². The smallest absolute Gasteiger partial charge is 0.327 e. The number of nitrogens with zero attached hydrogens (tertiary/aromatic N) is 8. The highest BCUT2D eigenvalue weighted by molar-refractivity contribution is 7.89. The van der Waals surface area contributed by atoms with Gasteiger partial charge in [-0.2, -0.15) is 20.2 Å². The molecule has 0 bridgehead atoms. The summed E-state index contributed by atoms with van der Waals surface area (Å²) < 4.78 is 47.1. The topological polar surface area (TPSA) is 224 Å². The summed E-state index contributed by atoms with van der Waals surface area (Å²) in [5.41, 5.74) is 1.22. The van der Waals surface area contributed by atoms with Gasteiger partial charge in [-0.25, -0.2) is 13.1 Å². The maximum atomic E-state index is 13.5. The van der Waals surface area contributed by atoms with E-state index in [2.05, 4.69) is 45.6 Å². The molecular weight excluding hydrogens is 703 g/mol. The third kappa shape index (κ3) is 7.90. The van der Waals surface area contributed by atoms with E-state index in [0.29, 0.717) is 29.6 Å². The highest BCUT2D eigenvalue weighted by Crippen LogP contribution is 2.36. The number of fused-ring (bicyclic) bond motifs is 2. The molecule has 0 saturated carbocycles. The number of azo groups is 1. The van der Waals surface area contributed by atoms with E-state index < -0.39 is 15.0 Å². The summed E-state index contributed by atoms with van der Waals surface area (Å²) in [6, 6.07) is 22.4. The first-order chi connectivity index (χ1) is 25.6. The number of hydrogen-bond donors (Lipinski definition) is 3. The number of aromatic nitrogens is 5. The Labute approximate surface area is 304 Å². The van der Waals surface area contributed by atoms with E-state index in [9.17, 15) is 18.5 Å². The molecule has 3 aromatic carbocycles. The summed E-state index contributed by atoms with van der Waals surface area (Å²) in [7, 11) is -1.72. The lowest BCUT2D eigenvalue weighted by Crippen LogP contribution is -2.22. The van der Waals surface area contributed by atoms with Crippen LogP contribution in [0.15, 0.2) is 86.4 Å². The van der Waals surface area contributed by atoms with Gasteiger partial charge < -0.3 is 24.5 Å². The standard InChI is InChI=1S/C35H35N11O6S/c1-5-21(2)33(47)51-18-10-17-38-30-28(31(53(48,49)37-3)42-34(41-30)39-24-16-15-22-11-6-7-12-23(22)19-24)43-44-29-25(20-36)32(50-4)46(45-29)35-40-26-13-8-9-14-27(26)52-35/h6-9,11-16,19,21,37H,5,10,17-18H2,1-4H3,(H2,38,39,41,42). The quantitative estimate of drug-likeness (QED) is 0.0456. The first-order valence-corrected chi connectivity index (χ1v) is 18.0. The van der Waals surface area contributed by atoms with Gasteiger partial charge in [0.1, 0.15) is 11.6 Å². The monoisotopic (exact) mass is 737 g/mol. The molecule has 0 fully saturated rings. The van der Waals surface area contributed by atoms with Crippen molar-refractivity contribution < 1.29 is 27.1 Å². The number of nitrogens with one attached hydrogen (secondary N) is 3. The van der Waals surface area contributed by atoms with Gasteiger partial charge in [0.05, 0.1) is 19.6 Å². The van der Waals surface area contributed by atoms with Gasteiger partial charge in [-0.05, 0) is 54.9 Å². The molecule has 53 heavy (non-hydrogen) atoms. The molecule has 1 unspecified atom stereocenters. The van der Waals surface area contributed by atoms with Crippen LogP contribution in [0.4, 0.5) is 29.0 Å². The molecule has 1 atom stereocenters. The molecule has 0 saturated heterocycles. The average molecular weight is 738 g/mol. The predicted octanol–water partition coefficient (Wildman–Crippen LogP) is 6.30. The highest BCUT2D eigenvalue weighted by Gasteiger charge is 2.27. The van der Waals surface area contributed by atoms with Crippen LogP contribution in [0.3, 0.4) is 0 Å². The predicted molar refractivity (Wildman–Crippen MR) is 196 cm³/mol. The maximum Gasteiger partial charge on any atom is 0.327 e. The number of ether oxygens (including phenoxy) is 2. The first-order valence-electron chi connectivity index (χ1n) is 16.5. The van der Waals surface area contributed by atoms with Crippen LogP contribution in [-0.2, 0) is 19.6 Å². The third-order valence-corrected chi connectivity index (χ3v) is 9.42. The second-order valence-corrected chi connectivity index (χ2v) is 13.4. The van der Waals surface area contributed by atoms with Crippen LogP contribution in [0.1, 0.15) is 32.3 Å². The highest BCUT2D eigenvalue weighted by atomic mass is 32.2. The molecule has 3 N–H and O–H groups in total. The number of hydrogen-bond acceptors (Lipinski definition) is 15. The molecule has 17 nitrogen and oxygen atoms in total. The molecule has 3 heterocycles. The zero-order valence-electron chi connectivity index (χ0n) is 29.2. The Morgan fingerprint density at radius 1 is 1.06 bits per heavy atom. The van der Waals surface area contributed by atoms with Crippen LogP contribution in [-0.4, -0.2) is 66.4 Å². The van der Waals surface area contributed by atoms with E-state index in [4.69, 9.17) is 13.9 Å². The summed E-state index contributed by atoms with van der Waals surface area (Å²) in [4.78, 5) is 25.5. The molecule has 18 heteroatoms. The van der Waals surface area contributed by atoms with E-state index >= 15 is 0 Å².